The Labute approximate surface area is 75.1 Å². The molecule has 0 spiro atoms. The summed E-state index contributed by atoms with van der Waals surface area (Å²) in [5.74, 6) is 0. The molecule has 2 aliphatic rings. The van der Waals surface area contributed by atoms with E-state index in [2.05, 4.69) is 11.8 Å². The Bertz CT molecular complexity index is 159. The summed E-state index contributed by atoms with van der Waals surface area (Å²) in [6.45, 7) is 4.67. The lowest BCUT2D eigenvalue weighted by Gasteiger charge is -2.24. The van der Waals surface area contributed by atoms with Gasteiger partial charge in [0.15, 0.2) is 0 Å². The molecule has 0 bridgehead atoms. The fourth-order valence-electron chi connectivity index (χ4n) is 1.84. The first-order valence-electron chi connectivity index (χ1n) is 5.26. The van der Waals surface area contributed by atoms with E-state index in [1.54, 1.807) is 0 Å². The van der Waals surface area contributed by atoms with Crippen LogP contribution in [0.1, 0.15) is 39.0 Å². The molecule has 0 unspecified atom stereocenters. The third-order valence-corrected chi connectivity index (χ3v) is 2.98. The molecule has 0 aromatic rings. The van der Waals surface area contributed by atoms with Crippen LogP contribution in [0.5, 0.6) is 0 Å². The van der Waals surface area contributed by atoms with Crippen molar-refractivity contribution in [1.29, 1.82) is 0 Å². The fraction of sp³-hybridized carbons (Fsp3) is 1.00. The molecule has 0 aliphatic heterocycles. The van der Waals surface area contributed by atoms with E-state index in [0.717, 1.165) is 12.6 Å². The highest BCUT2D eigenvalue weighted by molar-refractivity contribution is 5.03. The quantitative estimate of drug-likeness (QED) is 0.671. The molecule has 2 saturated carbocycles. The Hall–Kier alpha value is -0.0800. The maximum Gasteiger partial charge on any atom is 0.0284 e. The first-order valence-corrected chi connectivity index (χ1v) is 5.26. The highest BCUT2D eigenvalue weighted by Crippen LogP contribution is 2.36. The van der Waals surface area contributed by atoms with E-state index < -0.39 is 0 Å². The monoisotopic (exact) mass is 168 g/mol. The van der Waals surface area contributed by atoms with Crippen LogP contribution in [-0.2, 0) is 0 Å². The van der Waals surface area contributed by atoms with Crippen LogP contribution < -0.4 is 5.73 Å². The Balaban J connectivity index is 1.79. The van der Waals surface area contributed by atoms with Crippen molar-refractivity contribution in [2.45, 2.75) is 50.6 Å². The molecule has 2 nitrogen and oxygen atoms in total. The van der Waals surface area contributed by atoms with Gasteiger partial charge in [0.05, 0.1) is 0 Å². The smallest absolute Gasteiger partial charge is 0.0284 e. The van der Waals surface area contributed by atoms with E-state index in [9.17, 15) is 0 Å². The Morgan fingerprint density at radius 2 is 2.08 bits per heavy atom. The largest absolute Gasteiger partial charge is 0.324 e. The van der Waals surface area contributed by atoms with Crippen LogP contribution >= 0.6 is 0 Å². The lowest BCUT2D eigenvalue weighted by atomic mass is 10.2. The van der Waals surface area contributed by atoms with Gasteiger partial charge in [0.1, 0.15) is 0 Å². The maximum atomic E-state index is 6.10. The standard InChI is InChI=1S/C10H20N2/c1-2-7-12(9-3-4-9)8-10(11)5-6-10/h9H,2-8,11H2,1H3. The van der Waals surface area contributed by atoms with E-state index in [0.29, 0.717) is 0 Å². The van der Waals surface area contributed by atoms with Gasteiger partial charge in [0, 0.05) is 18.1 Å². The minimum Gasteiger partial charge on any atom is -0.324 e. The van der Waals surface area contributed by atoms with Crippen LogP contribution in [0.25, 0.3) is 0 Å². The molecule has 0 saturated heterocycles. The third kappa shape index (κ3) is 1.99. The summed E-state index contributed by atoms with van der Waals surface area (Å²) in [7, 11) is 0. The van der Waals surface area contributed by atoms with Gasteiger partial charge in [-0.3, -0.25) is 4.90 Å². The normalized spacial score (nSPS) is 26.2. The van der Waals surface area contributed by atoms with Crippen molar-refractivity contribution in [3.05, 3.63) is 0 Å². The van der Waals surface area contributed by atoms with Crippen molar-refractivity contribution in [1.82, 2.24) is 4.90 Å². The van der Waals surface area contributed by atoms with E-state index in [1.165, 1.54) is 38.6 Å². The summed E-state index contributed by atoms with van der Waals surface area (Å²) in [6, 6.07) is 0.894. The second-order valence-corrected chi connectivity index (χ2v) is 4.56. The lowest BCUT2D eigenvalue weighted by Crippen LogP contribution is -2.40. The summed E-state index contributed by atoms with van der Waals surface area (Å²) in [5, 5.41) is 0. The number of hydrogen-bond acceptors (Lipinski definition) is 2. The lowest BCUT2D eigenvalue weighted by molar-refractivity contribution is 0.241. The second-order valence-electron chi connectivity index (χ2n) is 4.56. The molecule has 2 N–H and O–H groups in total. The van der Waals surface area contributed by atoms with Crippen LogP contribution in [-0.4, -0.2) is 29.6 Å². The van der Waals surface area contributed by atoms with Gasteiger partial charge in [-0.15, -0.1) is 0 Å². The van der Waals surface area contributed by atoms with Gasteiger partial charge in [-0.1, -0.05) is 6.92 Å². The van der Waals surface area contributed by atoms with Gasteiger partial charge in [0.2, 0.25) is 0 Å². The number of hydrogen-bond donors (Lipinski definition) is 1. The predicted molar refractivity (Wildman–Crippen MR) is 51.0 cm³/mol. The summed E-state index contributed by atoms with van der Waals surface area (Å²) in [5.41, 5.74) is 6.32. The highest BCUT2D eigenvalue weighted by atomic mass is 15.2. The molecule has 0 heterocycles. The molecule has 12 heavy (non-hydrogen) atoms. The number of nitrogens with two attached hydrogens (primary N) is 1. The summed E-state index contributed by atoms with van der Waals surface area (Å²) in [4.78, 5) is 2.60. The first-order chi connectivity index (χ1) is 5.73. The molecule has 0 atom stereocenters. The van der Waals surface area contributed by atoms with Crippen LogP contribution in [0.3, 0.4) is 0 Å². The van der Waals surface area contributed by atoms with Gasteiger partial charge in [-0.05, 0) is 38.6 Å². The Kier molecular flexibility index (Phi) is 2.13. The van der Waals surface area contributed by atoms with Gasteiger partial charge in [-0.2, -0.15) is 0 Å². The number of nitrogens with zero attached hydrogens (tertiary/aromatic N) is 1. The molecule has 0 aromatic heterocycles. The van der Waals surface area contributed by atoms with Crippen molar-refractivity contribution in [3.63, 3.8) is 0 Å². The second kappa shape index (κ2) is 3.00. The minimum atomic E-state index is 0.220. The van der Waals surface area contributed by atoms with Gasteiger partial charge in [-0.25, -0.2) is 0 Å². The van der Waals surface area contributed by atoms with E-state index in [1.807, 2.05) is 0 Å². The predicted octanol–water partition coefficient (Wildman–Crippen LogP) is 1.35. The van der Waals surface area contributed by atoms with Crippen molar-refractivity contribution in [2.75, 3.05) is 13.1 Å². The third-order valence-electron chi connectivity index (χ3n) is 2.98. The molecule has 0 amide bonds. The Morgan fingerprint density at radius 3 is 2.50 bits per heavy atom. The summed E-state index contributed by atoms with van der Waals surface area (Å²) >= 11 is 0. The van der Waals surface area contributed by atoms with Gasteiger partial charge < -0.3 is 5.73 Å². The van der Waals surface area contributed by atoms with Crippen LogP contribution in [0.15, 0.2) is 0 Å². The Morgan fingerprint density at radius 1 is 1.42 bits per heavy atom. The fourth-order valence-corrected chi connectivity index (χ4v) is 1.84. The molecule has 2 aliphatic carbocycles. The molecule has 2 heteroatoms. The van der Waals surface area contributed by atoms with E-state index in [-0.39, 0.29) is 5.54 Å². The molecule has 2 rings (SSSR count). The van der Waals surface area contributed by atoms with Crippen molar-refractivity contribution in [2.24, 2.45) is 5.73 Å². The van der Waals surface area contributed by atoms with E-state index in [4.69, 9.17) is 5.73 Å². The maximum absolute atomic E-state index is 6.10. The number of rotatable bonds is 5. The van der Waals surface area contributed by atoms with Crippen LogP contribution in [0, 0.1) is 0 Å². The van der Waals surface area contributed by atoms with Crippen molar-refractivity contribution < 1.29 is 0 Å². The molecular weight excluding hydrogens is 148 g/mol. The van der Waals surface area contributed by atoms with Gasteiger partial charge >= 0.3 is 0 Å². The first kappa shape index (κ1) is 8.52. The topological polar surface area (TPSA) is 29.3 Å². The zero-order valence-electron chi connectivity index (χ0n) is 8.05. The summed E-state index contributed by atoms with van der Waals surface area (Å²) < 4.78 is 0. The zero-order valence-corrected chi connectivity index (χ0v) is 8.05. The average Bonchev–Trinajstić information content (AvgIpc) is 2.83. The molecule has 2 fully saturated rings. The van der Waals surface area contributed by atoms with Crippen molar-refractivity contribution in [3.8, 4) is 0 Å². The zero-order chi connectivity index (χ0) is 8.60. The highest BCUT2D eigenvalue weighted by Gasteiger charge is 2.42. The van der Waals surface area contributed by atoms with Crippen molar-refractivity contribution >= 4 is 0 Å². The SMILES string of the molecule is CCCN(CC1(N)CC1)C1CC1. The molecule has 0 radical (unpaired) electrons. The van der Waals surface area contributed by atoms with Gasteiger partial charge in [0.25, 0.3) is 0 Å². The molecule has 0 aromatic carbocycles. The molecule has 70 valence electrons. The average molecular weight is 168 g/mol. The van der Waals surface area contributed by atoms with E-state index >= 15 is 0 Å². The molecular formula is C10H20N2. The minimum absolute atomic E-state index is 0.220. The van der Waals surface area contributed by atoms with Crippen LogP contribution in [0.2, 0.25) is 0 Å². The summed E-state index contributed by atoms with van der Waals surface area (Å²) in [6.07, 6.45) is 6.60. The van der Waals surface area contributed by atoms with Crippen LogP contribution in [0.4, 0.5) is 0 Å².